The summed E-state index contributed by atoms with van der Waals surface area (Å²) in [6, 6.07) is 21.2. The van der Waals surface area contributed by atoms with Gasteiger partial charge >= 0.3 is 4.87 Å². The van der Waals surface area contributed by atoms with Crippen LogP contribution in [0.1, 0.15) is 16.4 Å². The fourth-order valence-corrected chi connectivity index (χ4v) is 7.86. The number of ether oxygens (including phenoxy) is 2. The number of hydrogen-bond donors (Lipinski definition) is 2. The van der Waals surface area contributed by atoms with Gasteiger partial charge in [0.1, 0.15) is 5.25 Å². The van der Waals surface area contributed by atoms with Gasteiger partial charge in [-0.2, -0.15) is 0 Å². The Labute approximate surface area is 251 Å². The number of benzene rings is 3. The summed E-state index contributed by atoms with van der Waals surface area (Å²) in [6.07, 6.45) is 0. The quantitative estimate of drug-likeness (QED) is 0.269. The summed E-state index contributed by atoms with van der Waals surface area (Å²) < 4.78 is 12.2. The first-order valence-electron chi connectivity index (χ1n) is 12.5. The summed E-state index contributed by atoms with van der Waals surface area (Å²) in [6.45, 7) is -0.242. The van der Waals surface area contributed by atoms with Gasteiger partial charge in [-0.1, -0.05) is 63.3 Å². The number of carbonyl (C=O) groups is 3. The van der Waals surface area contributed by atoms with E-state index < -0.39 is 17.1 Å². The first-order valence-corrected chi connectivity index (χ1v) is 15.0. The fourth-order valence-electron chi connectivity index (χ4n) is 5.08. The molecule has 3 atom stereocenters. The molecule has 1 aromatic heterocycles. The van der Waals surface area contributed by atoms with E-state index in [0.717, 1.165) is 15.8 Å². The zero-order chi connectivity index (χ0) is 28.7. The number of imide groups is 1. The summed E-state index contributed by atoms with van der Waals surface area (Å²) in [5.74, 6) is -1.59. The molecule has 0 bridgehead atoms. The smallest absolute Gasteiger partial charge is 0.305 e. The first-order chi connectivity index (χ1) is 19.8. The molecular weight excluding hydrogens is 630 g/mol. The van der Waals surface area contributed by atoms with Crippen LogP contribution in [-0.4, -0.2) is 41.7 Å². The van der Waals surface area contributed by atoms with Gasteiger partial charge in [0.05, 0.1) is 23.7 Å². The average Bonchev–Trinajstić information content (AvgIpc) is 3.47. The molecular formula is C29H22BrN3O6S2. The third-order valence-corrected chi connectivity index (χ3v) is 9.80. The standard InChI is InChI=1S/C29H22BrN3O6S2/c1-38-20-13-15(7-12-19(20)39-14-21(34)31-17-5-3-2-4-6-17)22-23-25(40-26-24(22)41-29(37)32-26)28(36)33(27(23)35)18-10-8-16(30)9-11-18/h2-13,22-23,25H,14H2,1H3,(H,31,34)(H,32,37)/t22-,23?,25?/m1/s1. The van der Waals surface area contributed by atoms with Crippen molar-refractivity contribution in [3.63, 3.8) is 0 Å². The lowest BCUT2D eigenvalue weighted by molar-refractivity contribution is -0.122. The van der Waals surface area contributed by atoms with E-state index in [2.05, 4.69) is 26.2 Å². The number of anilines is 2. The van der Waals surface area contributed by atoms with E-state index in [1.165, 1.54) is 23.8 Å². The van der Waals surface area contributed by atoms with Crippen molar-refractivity contribution >= 4 is 68.1 Å². The summed E-state index contributed by atoms with van der Waals surface area (Å²) >= 11 is 5.64. The lowest BCUT2D eigenvalue weighted by Gasteiger charge is -2.30. The van der Waals surface area contributed by atoms with Crippen molar-refractivity contribution in [1.82, 2.24) is 4.98 Å². The number of amides is 3. The number of carbonyl (C=O) groups excluding carboxylic acids is 3. The molecule has 4 aromatic rings. The number of fused-ring (bicyclic) bond motifs is 2. The highest BCUT2D eigenvalue weighted by molar-refractivity contribution is 9.10. The summed E-state index contributed by atoms with van der Waals surface area (Å²) in [5.41, 5.74) is 1.83. The van der Waals surface area contributed by atoms with Crippen LogP contribution in [0.25, 0.3) is 0 Å². The summed E-state index contributed by atoms with van der Waals surface area (Å²) in [4.78, 5) is 56.8. The van der Waals surface area contributed by atoms with Crippen LogP contribution in [0.4, 0.5) is 11.4 Å². The molecule has 6 rings (SSSR count). The van der Waals surface area contributed by atoms with Crippen molar-refractivity contribution in [2.75, 3.05) is 23.9 Å². The molecule has 2 aliphatic rings. The maximum Gasteiger partial charge on any atom is 0.305 e. The van der Waals surface area contributed by atoms with Crippen LogP contribution in [0.2, 0.25) is 0 Å². The highest BCUT2D eigenvalue weighted by Crippen LogP contribution is 2.53. The fraction of sp³-hybridized carbons (Fsp3) is 0.172. The Hall–Kier alpha value is -3.87. The van der Waals surface area contributed by atoms with Crippen molar-refractivity contribution in [3.8, 4) is 11.5 Å². The number of rotatable bonds is 7. The van der Waals surface area contributed by atoms with Crippen LogP contribution in [0, 0.1) is 5.92 Å². The Morgan fingerprint density at radius 2 is 1.76 bits per heavy atom. The van der Waals surface area contributed by atoms with Crippen LogP contribution in [0.5, 0.6) is 11.5 Å². The van der Waals surface area contributed by atoms with Gasteiger partial charge in [0.2, 0.25) is 11.8 Å². The minimum atomic E-state index is -0.733. The van der Waals surface area contributed by atoms with Crippen LogP contribution < -0.4 is 24.6 Å². The van der Waals surface area contributed by atoms with Crippen LogP contribution in [0.15, 0.2) is 87.1 Å². The molecule has 2 unspecified atom stereocenters. The zero-order valence-electron chi connectivity index (χ0n) is 21.5. The Bertz CT molecular complexity index is 1710. The van der Waals surface area contributed by atoms with Gasteiger partial charge in [0.25, 0.3) is 5.91 Å². The molecule has 2 N–H and O–H groups in total. The molecule has 0 radical (unpaired) electrons. The molecule has 1 saturated heterocycles. The van der Waals surface area contributed by atoms with Gasteiger partial charge in [-0.3, -0.25) is 19.2 Å². The van der Waals surface area contributed by atoms with E-state index in [0.29, 0.717) is 38.3 Å². The number of thiazole rings is 1. The molecule has 12 heteroatoms. The number of hydrogen-bond acceptors (Lipinski definition) is 8. The van der Waals surface area contributed by atoms with E-state index in [9.17, 15) is 19.2 Å². The molecule has 0 saturated carbocycles. The van der Waals surface area contributed by atoms with Crippen molar-refractivity contribution in [3.05, 3.63) is 97.4 Å². The normalized spacial score (nSPS) is 19.5. The topological polar surface area (TPSA) is 118 Å². The molecule has 3 heterocycles. The number of aromatic nitrogens is 1. The number of halogens is 1. The van der Waals surface area contributed by atoms with Crippen molar-refractivity contribution in [1.29, 1.82) is 0 Å². The van der Waals surface area contributed by atoms with Gasteiger partial charge in [-0.25, -0.2) is 4.90 Å². The van der Waals surface area contributed by atoms with Crippen LogP contribution in [0.3, 0.4) is 0 Å². The first kappa shape index (κ1) is 27.3. The van der Waals surface area contributed by atoms with Gasteiger partial charge < -0.3 is 19.8 Å². The molecule has 1 fully saturated rings. The number of nitrogens with zero attached hydrogens (tertiary/aromatic N) is 1. The highest BCUT2D eigenvalue weighted by Gasteiger charge is 2.56. The SMILES string of the molecule is COc1cc([C@H]2c3sc(=O)[nH]c3SC3C(=O)N(c4ccc(Br)cc4)C(=O)C32)ccc1OCC(=O)Nc1ccccc1. The van der Waals surface area contributed by atoms with E-state index in [1.807, 2.05) is 18.2 Å². The Kier molecular flexibility index (Phi) is 7.45. The average molecular weight is 653 g/mol. The third kappa shape index (κ3) is 5.18. The van der Waals surface area contributed by atoms with E-state index in [4.69, 9.17) is 9.47 Å². The zero-order valence-corrected chi connectivity index (χ0v) is 24.7. The molecule has 0 aliphatic carbocycles. The lowest BCUT2D eigenvalue weighted by Crippen LogP contribution is -2.32. The number of H-pyrrole nitrogens is 1. The van der Waals surface area contributed by atoms with E-state index in [1.54, 1.807) is 54.6 Å². The molecule has 9 nitrogen and oxygen atoms in total. The Balaban J connectivity index is 1.31. The third-order valence-electron chi connectivity index (χ3n) is 6.87. The molecule has 2 aliphatic heterocycles. The van der Waals surface area contributed by atoms with Gasteiger partial charge in [-0.05, 0) is 54.1 Å². The second-order valence-corrected chi connectivity index (χ2v) is 12.4. The van der Waals surface area contributed by atoms with E-state index >= 15 is 0 Å². The van der Waals surface area contributed by atoms with Crippen molar-refractivity contribution in [2.45, 2.75) is 16.2 Å². The summed E-state index contributed by atoms with van der Waals surface area (Å²) in [7, 11) is 1.48. The number of nitrogens with one attached hydrogen (secondary N) is 2. The molecule has 0 spiro atoms. The lowest BCUT2D eigenvalue weighted by atomic mass is 9.83. The minimum absolute atomic E-state index is 0.242. The molecule has 3 aromatic carbocycles. The Morgan fingerprint density at radius 3 is 2.49 bits per heavy atom. The molecule has 208 valence electrons. The second kappa shape index (κ2) is 11.2. The predicted octanol–water partition coefficient (Wildman–Crippen LogP) is 5.02. The maximum atomic E-state index is 13.9. The molecule has 41 heavy (non-hydrogen) atoms. The number of thioether (sulfide) groups is 1. The largest absolute Gasteiger partial charge is 0.493 e. The highest BCUT2D eigenvalue weighted by atomic mass is 79.9. The second-order valence-electron chi connectivity index (χ2n) is 9.35. The van der Waals surface area contributed by atoms with Crippen molar-refractivity contribution < 1.29 is 23.9 Å². The maximum absolute atomic E-state index is 13.9. The number of methoxy groups -OCH3 is 1. The predicted molar refractivity (Wildman–Crippen MR) is 160 cm³/mol. The van der Waals surface area contributed by atoms with E-state index in [-0.39, 0.29) is 29.2 Å². The Morgan fingerprint density at radius 1 is 1.00 bits per heavy atom. The van der Waals surface area contributed by atoms with Gasteiger partial charge in [0, 0.05) is 21.0 Å². The summed E-state index contributed by atoms with van der Waals surface area (Å²) in [5, 5.41) is 2.64. The van der Waals surface area contributed by atoms with Crippen LogP contribution in [-0.2, 0) is 14.4 Å². The number of para-hydroxylation sites is 1. The monoisotopic (exact) mass is 651 g/mol. The van der Waals surface area contributed by atoms with Gasteiger partial charge in [0.15, 0.2) is 18.1 Å². The number of aromatic amines is 1. The van der Waals surface area contributed by atoms with Crippen molar-refractivity contribution in [2.24, 2.45) is 5.92 Å². The van der Waals surface area contributed by atoms with Gasteiger partial charge in [-0.15, -0.1) is 0 Å². The molecule has 3 amide bonds. The minimum Gasteiger partial charge on any atom is -0.493 e. The van der Waals surface area contributed by atoms with Crippen LogP contribution >= 0.6 is 39.0 Å².